The van der Waals surface area contributed by atoms with Gasteiger partial charge in [0.25, 0.3) is 0 Å². The van der Waals surface area contributed by atoms with Crippen LogP contribution in [0.2, 0.25) is 0 Å². The van der Waals surface area contributed by atoms with Crippen molar-refractivity contribution in [3.63, 3.8) is 0 Å². The molecule has 0 aliphatic rings. The van der Waals surface area contributed by atoms with E-state index in [9.17, 15) is 19.2 Å². The zero-order valence-corrected chi connectivity index (χ0v) is 22.5. The Hall–Kier alpha value is -2.94. The summed E-state index contributed by atoms with van der Waals surface area (Å²) in [7, 11) is 0. The monoisotopic (exact) mass is 507 g/mol. The minimum absolute atomic E-state index is 0.0615. The molecule has 0 aliphatic heterocycles. The molecule has 2 N–H and O–H groups in total. The molecule has 1 aromatic rings. The van der Waals surface area contributed by atoms with E-state index in [2.05, 4.69) is 0 Å². The topological polar surface area (TPSA) is 131 Å². The van der Waals surface area contributed by atoms with Crippen LogP contribution >= 0.6 is 0 Å². The number of benzene rings is 1. The zero-order valence-electron chi connectivity index (χ0n) is 22.5. The number of hydrogen-bond acceptors (Lipinski definition) is 9. The molecule has 36 heavy (non-hydrogen) atoms. The highest BCUT2D eigenvalue weighted by Gasteiger charge is 2.22. The van der Waals surface area contributed by atoms with Crippen molar-refractivity contribution in [1.82, 2.24) is 0 Å². The first-order chi connectivity index (χ1) is 16.8. The Morgan fingerprint density at radius 2 is 1.39 bits per heavy atom. The molecule has 0 bridgehead atoms. The SMILES string of the molecule is CCC(C)C(=O)OC[C@H](C)OC(=O)[C@@H](N)Cc1ccc(OC(=O)CC(C)C)c(OC(=O)CC(C)C)c1. The average molecular weight is 508 g/mol. The zero-order chi connectivity index (χ0) is 27.4. The average Bonchev–Trinajstić information content (AvgIpc) is 2.77. The summed E-state index contributed by atoms with van der Waals surface area (Å²) in [6, 6.07) is 3.68. The molecule has 1 rings (SSSR count). The maximum atomic E-state index is 12.4. The Morgan fingerprint density at radius 1 is 0.833 bits per heavy atom. The van der Waals surface area contributed by atoms with E-state index in [1.165, 1.54) is 12.1 Å². The maximum absolute atomic E-state index is 12.4. The van der Waals surface area contributed by atoms with Crippen LogP contribution in [-0.2, 0) is 35.1 Å². The first-order valence-electron chi connectivity index (χ1n) is 12.5. The minimum atomic E-state index is -1.01. The number of esters is 4. The molecule has 0 heterocycles. The van der Waals surface area contributed by atoms with Gasteiger partial charge >= 0.3 is 23.9 Å². The highest BCUT2D eigenvalue weighted by molar-refractivity contribution is 5.78. The molecular formula is C27H41NO8. The molecule has 202 valence electrons. The fraction of sp³-hybridized carbons (Fsp3) is 0.630. The van der Waals surface area contributed by atoms with Crippen LogP contribution in [0.1, 0.15) is 73.3 Å². The Bertz CT molecular complexity index is 896. The van der Waals surface area contributed by atoms with Crippen molar-refractivity contribution in [3.05, 3.63) is 23.8 Å². The summed E-state index contributed by atoms with van der Waals surface area (Å²) < 4.78 is 21.3. The summed E-state index contributed by atoms with van der Waals surface area (Å²) in [4.78, 5) is 48.7. The molecule has 1 aromatic carbocycles. The largest absolute Gasteiger partial charge is 0.462 e. The van der Waals surface area contributed by atoms with Gasteiger partial charge in [-0.3, -0.25) is 19.2 Å². The Kier molecular flexibility index (Phi) is 13.2. The quantitative estimate of drug-likeness (QED) is 0.293. The highest BCUT2D eigenvalue weighted by Crippen LogP contribution is 2.30. The molecule has 0 saturated heterocycles. The van der Waals surface area contributed by atoms with Crippen molar-refractivity contribution < 1.29 is 38.1 Å². The normalized spacial score (nSPS) is 13.6. The molecule has 1 unspecified atom stereocenters. The predicted molar refractivity (Wildman–Crippen MR) is 134 cm³/mol. The summed E-state index contributed by atoms with van der Waals surface area (Å²) >= 11 is 0. The standard InChI is InChI=1S/C27H41NO8/c1-8-18(6)26(31)33-15-19(7)34-27(32)21(28)13-20-9-10-22(35-24(29)11-16(2)3)23(14-20)36-25(30)12-17(4)5/h9-10,14,16-19,21H,8,11-13,15,28H2,1-7H3/t18?,19-,21-/m0/s1. The lowest BCUT2D eigenvalue weighted by molar-refractivity contribution is -0.160. The third kappa shape index (κ3) is 11.7. The van der Waals surface area contributed by atoms with Crippen molar-refractivity contribution >= 4 is 23.9 Å². The first kappa shape index (κ1) is 31.1. The summed E-state index contributed by atoms with van der Waals surface area (Å²) in [6.45, 7) is 12.8. The summed E-state index contributed by atoms with van der Waals surface area (Å²) in [5.74, 6) is -1.75. The van der Waals surface area contributed by atoms with Gasteiger partial charge in [-0.2, -0.15) is 0 Å². The predicted octanol–water partition coefficient (Wildman–Crippen LogP) is 3.98. The van der Waals surface area contributed by atoms with Crippen molar-refractivity contribution in [3.8, 4) is 11.5 Å². The fourth-order valence-corrected chi connectivity index (χ4v) is 3.00. The van der Waals surface area contributed by atoms with Gasteiger partial charge in [-0.15, -0.1) is 0 Å². The Morgan fingerprint density at radius 3 is 1.92 bits per heavy atom. The van der Waals surface area contributed by atoms with Gasteiger partial charge in [0, 0.05) is 12.8 Å². The second-order valence-corrected chi connectivity index (χ2v) is 9.92. The van der Waals surface area contributed by atoms with Crippen molar-refractivity contribution in [1.29, 1.82) is 0 Å². The molecule has 3 atom stereocenters. The third-order valence-electron chi connectivity index (χ3n) is 5.16. The van der Waals surface area contributed by atoms with E-state index in [0.717, 1.165) is 0 Å². The number of carbonyl (C=O) groups excluding carboxylic acids is 4. The van der Waals surface area contributed by atoms with Crippen LogP contribution < -0.4 is 15.2 Å². The second-order valence-electron chi connectivity index (χ2n) is 9.92. The van der Waals surface area contributed by atoms with Crippen LogP contribution in [0, 0.1) is 17.8 Å². The molecule has 0 spiro atoms. The van der Waals surface area contributed by atoms with E-state index in [4.69, 9.17) is 24.7 Å². The van der Waals surface area contributed by atoms with Gasteiger partial charge in [-0.25, -0.2) is 0 Å². The maximum Gasteiger partial charge on any atom is 0.323 e. The van der Waals surface area contributed by atoms with Crippen LogP contribution in [0.15, 0.2) is 18.2 Å². The number of hydrogen-bond donors (Lipinski definition) is 1. The molecule has 0 aromatic heterocycles. The Balaban J connectivity index is 2.87. The van der Waals surface area contributed by atoms with Crippen molar-refractivity contribution in [2.24, 2.45) is 23.5 Å². The van der Waals surface area contributed by atoms with E-state index in [1.54, 1.807) is 19.9 Å². The highest BCUT2D eigenvalue weighted by atomic mass is 16.6. The van der Waals surface area contributed by atoms with Crippen molar-refractivity contribution in [2.45, 2.75) is 86.3 Å². The molecule has 0 fully saturated rings. The van der Waals surface area contributed by atoms with Gasteiger partial charge in [0.1, 0.15) is 18.8 Å². The number of carbonyl (C=O) groups is 4. The third-order valence-corrected chi connectivity index (χ3v) is 5.16. The van der Waals surface area contributed by atoms with Gasteiger partial charge in [0.2, 0.25) is 0 Å². The van der Waals surface area contributed by atoms with E-state index in [-0.39, 0.29) is 61.1 Å². The van der Waals surface area contributed by atoms with Gasteiger partial charge in [0.15, 0.2) is 11.5 Å². The van der Waals surface area contributed by atoms with Gasteiger partial charge in [-0.1, -0.05) is 47.6 Å². The Labute approximate surface area is 214 Å². The van der Waals surface area contributed by atoms with Gasteiger partial charge in [0.05, 0.1) is 5.92 Å². The first-order valence-corrected chi connectivity index (χ1v) is 12.5. The summed E-state index contributed by atoms with van der Waals surface area (Å²) in [5, 5.41) is 0. The second kappa shape index (κ2) is 15.2. The number of nitrogens with two attached hydrogens (primary N) is 1. The van der Waals surface area contributed by atoms with Gasteiger partial charge < -0.3 is 24.7 Å². The molecular weight excluding hydrogens is 466 g/mol. The van der Waals surface area contributed by atoms with Gasteiger partial charge in [-0.05, 0) is 49.3 Å². The summed E-state index contributed by atoms with van der Waals surface area (Å²) in [6.07, 6.45) is 0.486. The lowest BCUT2D eigenvalue weighted by atomic mass is 10.1. The van der Waals surface area contributed by atoms with E-state index in [0.29, 0.717) is 12.0 Å². The molecule has 0 radical (unpaired) electrons. The smallest absolute Gasteiger partial charge is 0.323 e. The van der Waals surface area contributed by atoms with E-state index in [1.807, 2.05) is 34.6 Å². The van der Waals surface area contributed by atoms with E-state index < -0.39 is 30.1 Å². The fourth-order valence-electron chi connectivity index (χ4n) is 3.00. The van der Waals surface area contributed by atoms with Crippen LogP contribution in [-0.4, -0.2) is 42.6 Å². The minimum Gasteiger partial charge on any atom is -0.462 e. The van der Waals surface area contributed by atoms with Crippen LogP contribution in [0.25, 0.3) is 0 Å². The van der Waals surface area contributed by atoms with Crippen LogP contribution in [0.3, 0.4) is 0 Å². The summed E-state index contributed by atoms with van der Waals surface area (Å²) in [5.41, 5.74) is 6.63. The van der Waals surface area contributed by atoms with Crippen LogP contribution in [0.5, 0.6) is 11.5 Å². The van der Waals surface area contributed by atoms with Crippen LogP contribution in [0.4, 0.5) is 0 Å². The molecule has 9 nitrogen and oxygen atoms in total. The lowest BCUT2D eigenvalue weighted by Gasteiger charge is -2.18. The molecule has 0 saturated carbocycles. The van der Waals surface area contributed by atoms with E-state index >= 15 is 0 Å². The lowest BCUT2D eigenvalue weighted by Crippen LogP contribution is -2.37. The number of ether oxygens (including phenoxy) is 4. The molecule has 0 aliphatic carbocycles. The number of rotatable bonds is 14. The molecule has 9 heteroatoms. The molecule has 0 amide bonds. The van der Waals surface area contributed by atoms with Crippen molar-refractivity contribution in [2.75, 3.05) is 6.61 Å².